The van der Waals surface area contributed by atoms with Gasteiger partial charge in [-0.15, -0.1) is 16.9 Å². The number of nitro groups is 2. The van der Waals surface area contributed by atoms with Crippen molar-refractivity contribution in [2.45, 2.75) is 55.8 Å². The van der Waals surface area contributed by atoms with Crippen molar-refractivity contribution in [1.82, 2.24) is 25.2 Å². The van der Waals surface area contributed by atoms with E-state index in [1.54, 1.807) is 54.4 Å². The Bertz CT molecular complexity index is 3820. The number of ether oxygens (including phenoxy) is 3. The van der Waals surface area contributed by atoms with Gasteiger partial charge in [0.15, 0.2) is 5.43 Å². The lowest BCUT2D eigenvalue weighted by Gasteiger charge is -2.52. The van der Waals surface area contributed by atoms with Crippen LogP contribution in [0, 0.1) is 33.1 Å². The molecule has 2 fully saturated rings. The van der Waals surface area contributed by atoms with E-state index in [0.29, 0.717) is 45.6 Å². The number of carboxylic acid groups (broad SMARTS) is 1. The van der Waals surface area contributed by atoms with Crippen molar-refractivity contribution in [2.75, 3.05) is 13.2 Å². The molecule has 79 heavy (non-hydrogen) atoms. The summed E-state index contributed by atoms with van der Waals surface area (Å²) in [5, 5.41) is 43.9. The van der Waals surface area contributed by atoms with E-state index in [-0.39, 0.29) is 67.5 Å². The van der Waals surface area contributed by atoms with E-state index in [4.69, 9.17) is 18.6 Å². The normalized spacial score (nSPS) is 16.1. The molecule has 2 amide bonds. The van der Waals surface area contributed by atoms with Gasteiger partial charge in [0.05, 0.1) is 52.1 Å². The minimum Gasteiger partial charge on any atom is -0.492 e. The number of ketones is 1. The molecule has 6 aromatic rings. The van der Waals surface area contributed by atoms with Crippen LogP contribution in [0.4, 0.5) is 11.4 Å². The number of carbonyl (C=O) groups excluding carboxylic acids is 3. The van der Waals surface area contributed by atoms with Crippen molar-refractivity contribution in [1.29, 1.82) is 0 Å². The van der Waals surface area contributed by atoms with Gasteiger partial charge in [-0.1, -0.05) is 41.6 Å². The third kappa shape index (κ3) is 10.6. The summed E-state index contributed by atoms with van der Waals surface area (Å²) >= 11 is 1.56. The van der Waals surface area contributed by atoms with Crippen LogP contribution in [0.15, 0.2) is 154 Å². The Morgan fingerprint density at radius 1 is 0.835 bits per heavy atom. The number of aromatic nitrogens is 3. The number of Topliss-reactive ketones (excluding diaryl/α,β-unsaturated/α-hetero) is 1. The Balaban J connectivity index is 0.731. The molecule has 1 spiro atoms. The van der Waals surface area contributed by atoms with Crippen molar-refractivity contribution in [3.05, 3.63) is 198 Å². The molecule has 1 saturated heterocycles. The minimum absolute atomic E-state index is 0.0420. The van der Waals surface area contributed by atoms with E-state index in [0.717, 1.165) is 64.2 Å². The van der Waals surface area contributed by atoms with Crippen molar-refractivity contribution in [2.24, 2.45) is 5.92 Å². The first kappa shape index (κ1) is 51.4. The van der Waals surface area contributed by atoms with Crippen LogP contribution in [0.2, 0.25) is 0 Å². The number of hydrogen-bond acceptors (Lipinski definition) is 16. The standard InChI is InChI=1S/C57H45N7O14S/c1-32-21-42(75-20-19-61-30-35(59-60-61)29-58-53(67)34-23-36(63(71)72)25-37(24-34)64(73)74)12-15-44(32)51-45-14-7-38(65)27-49(45)78-50-28-43(13-16-46(50)51)77-41-10-8-40(9-11-41)76-31-48-52(56(69)70)62-54(68)47(55(62)79-57(48)17-18-57)26-39(66)22-33-5-3-2-4-6-33/h2-16,21,23-25,27-28,30,47,55H,17-20,22,26,29,31H2,1H3,(H,58,67)(H,69,70)/t47-,55-/m1/s1. The van der Waals surface area contributed by atoms with Crippen LogP contribution in [-0.2, 0) is 33.9 Å². The molecule has 2 atom stereocenters. The minimum atomic E-state index is -1.21. The number of nitrogens with one attached hydrogen (secondary N) is 1. The van der Waals surface area contributed by atoms with Crippen LogP contribution in [0.1, 0.15) is 46.4 Å². The second kappa shape index (κ2) is 21.0. The number of amides is 2. The van der Waals surface area contributed by atoms with Gasteiger partial charge in [-0.3, -0.25) is 44.3 Å². The molecule has 5 aromatic carbocycles. The molecule has 11 rings (SSSR count). The lowest BCUT2D eigenvalue weighted by Crippen LogP contribution is -2.63. The highest BCUT2D eigenvalue weighted by Gasteiger charge is 2.63. The van der Waals surface area contributed by atoms with Gasteiger partial charge < -0.3 is 29.1 Å². The fraction of sp³-hybridized carbons (Fsp3) is 0.211. The number of fused-ring (bicyclic) bond motifs is 3. The number of aryl methyl sites for hydroxylation is 1. The number of nitro benzene ring substituents is 2. The molecule has 3 aliphatic heterocycles. The number of carboxylic acids is 1. The molecular weight excluding hydrogens is 1040 g/mol. The fourth-order valence-corrected chi connectivity index (χ4v) is 11.7. The third-order valence-corrected chi connectivity index (χ3v) is 15.8. The maximum atomic E-state index is 13.5. The number of non-ortho nitro benzene ring substituents is 2. The highest BCUT2D eigenvalue weighted by Crippen LogP contribution is 2.63. The number of thioether (sulfide) groups is 1. The SMILES string of the molecule is Cc1cc(OCCn2cc(CNC(=O)c3cc([N+](=O)[O-])cc([N+](=O)[O-])c3)nn2)ccc1-c1c2ccc(=O)cc-2oc2cc(Oc3ccc(OCC4=C(C(=O)O)N5C(=O)[C@@H](CC(=O)Cc6ccccc6)[C@H]5SC45CC5)cc3)ccc12. The first-order chi connectivity index (χ1) is 38.1. The zero-order valence-electron chi connectivity index (χ0n) is 41.9. The predicted molar refractivity (Wildman–Crippen MR) is 286 cm³/mol. The number of rotatable bonds is 20. The first-order valence-corrected chi connectivity index (χ1v) is 25.8. The van der Waals surface area contributed by atoms with Crippen LogP contribution in [0.3, 0.4) is 0 Å². The largest absolute Gasteiger partial charge is 0.492 e. The van der Waals surface area contributed by atoms with Crippen molar-refractivity contribution < 1.29 is 52.8 Å². The Morgan fingerprint density at radius 2 is 1.54 bits per heavy atom. The van der Waals surface area contributed by atoms with E-state index in [9.17, 15) is 49.3 Å². The summed E-state index contributed by atoms with van der Waals surface area (Å²) < 4.78 is 25.9. The van der Waals surface area contributed by atoms with Crippen LogP contribution in [-0.4, -0.2) is 81.7 Å². The number of nitrogens with zero attached hydrogens (tertiary/aromatic N) is 6. The quantitative estimate of drug-likeness (QED) is 0.0311. The summed E-state index contributed by atoms with van der Waals surface area (Å²) in [7, 11) is 0. The van der Waals surface area contributed by atoms with Crippen molar-refractivity contribution >= 4 is 57.7 Å². The second-order valence-electron chi connectivity index (χ2n) is 19.2. The molecule has 398 valence electrons. The molecule has 0 radical (unpaired) electrons. The summed E-state index contributed by atoms with van der Waals surface area (Å²) in [6.45, 7) is 2.28. The Labute approximate surface area is 452 Å². The van der Waals surface area contributed by atoms with Crippen LogP contribution in [0.25, 0.3) is 33.4 Å². The maximum Gasteiger partial charge on any atom is 0.352 e. The Hall–Kier alpha value is -9.70. The molecule has 1 saturated carbocycles. The number of carbonyl (C=O) groups is 4. The van der Waals surface area contributed by atoms with Gasteiger partial charge >= 0.3 is 5.97 Å². The van der Waals surface area contributed by atoms with E-state index in [1.807, 2.05) is 67.6 Å². The summed E-state index contributed by atoms with van der Waals surface area (Å²) in [6.07, 6.45) is 3.33. The van der Waals surface area contributed by atoms with E-state index in [1.165, 1.54) is 21.7 Å². The van der Waals surface area contributed by atoms with Crippen LogP contribution >= 0.6 is 11.8 Å². The monoisotopic (exact) mass is 1080 g/mol. The number of β-lactam (4-membered cyclic amide) rings is 1. The Morgan fingerprint density at radius 3 is 2.25 bits per heavy atom. The van der Waals surface area contributed by atoms with Gasteiger partial charge in [0, 0.05) is 63.9 Å². The van der Waals surface area contributed by atoms with Crippen molar-refractivity contribution in [3.8, 4) is 45.4 Å². The maximum absolute atomic E-state index is 13.5. The lowest BCUT2D eigenvalue weighted by molar-refractivity contribution is -0.394. The summed E-state index contributed by atoms with van der Waals surface area (Å²) in [4.78, 5) is 86.8. The van der Waals surface area contributed by atoms with Gasteiger partial charge in [0.1, 0.15) is 64.7 Å². The fourth-order valence-electron chi connectivity index (χ4n) is 9.96. The summed E-state index contributed by atoms with van der Waals surface area (Å²) in [6, 6.07) is 34.6. The predicted octanol–water partition coefficient (Wildman–Crippen LogP) is 9.07. The van der Waals surface area contributed by atoms with E-state index < -0.39 is 49.1 Å². The lowest BCUT2D eigenvalue weighted by atomic mass is 9.88. The number of aliphatic carboxylic acids is 1. The third-order valence-electron chi connectivity index (χ3n) is 13.9. The molecular formula is C57H45N7O14S. The molecule has 0 unspecified atom stereocenters. The molecule has 2 aliphatic carbocycles. The molecule has 5 aliphatic rings. The van der Waals surface area contributed by atoms with Crippen LogP contribution in [0.5, 0.6) is 23.0 Å². The number of benzene rings is 6. The number of hydrogen-bond donors (Lipinski definition) is 2. The van der Waals surface area contributed by atoms with E-state index >= 15 is 0 Å². The molecule has 22 heteroatoms. The smallest absolute Gasteiger partial charge is 0.352 e. The van der Waals surface area contributed by atoms with Gasteiger partial charge in [0.25, 0.3) is 17.3 Å². The van der Waals surface area contributed by atoms with Gasteiger partial charge in [-0.25, -0.2) is 9.48 Å². The molecule has 2 N–H and O–H groups in total. The van der Waals surface area contributed by atoms with Crippen LogP contribution < -0.4 is 25.0 Å². The second-order valence-corrected chi connectivity index (χ2v) is 20.7. The average Bonchev–Trinajstić information content (AvgIpc) is 3.90. The first-order valence-electron chi connectivity index (χ1n) is 24.9. The van der Waals surface area contributed by atoms with Gasteiger partial charge in [-0.2, -0.15) is 0 Å². The molecule has 4 heterocycles. The van der Waals surface area contributed by atoms with E-state index in [2.05, 4.69) is 15.6 Å². The zero-order chi connectivity index (χ0) is 55.1. The molecule has 21 nitrogen and oxygen atoms in total. The highest BCUT2D eigenvalue weighted by atomic mass is 32.2. The summed E-state index contributed by atoms with van der Waals surface area (Å²) in [5.74, 6) is -0.645. The average molecular weight is 1080 g/mol. The Kier molecular flexibility index (Phi) is 13.7. The van der Waals surface area contributed by atoms with Crippen molar-refractivity contribution in [3.63, 3.8) is 0 Å². The highest BCUT2D eigenvalue weighted by molar-refractivity contribution is 8.01. The molecule has 1 aromatic heterocycles. The zero-order valence-corrected chi connectivity index (χ0v) is 42.7. The topological polar surface area (TPSA) is 279 Å². The van der Waals surface area contributed by atoms with Gasteiger partial charge in [-0.05, 0) is 97.1 Å². The summed E-state index contributed by atoms with van der Waals surface area (Å²) in [5.41, 5.74) is 3.80. The molecule has 0 bridgehead atoms. The van der Waals surface area contributed by atoms with Gasteiger partial charge in [0.2, 0.25) is 5.91 Å².